The highest BCUT2D eigenvalue weighted by molar-refractivity contribution is 6.04. The summed E-state index contributed by atoms with van der Waals surface area (Å²) in [5, 5.41) is 2.85. The topological polar surface area (TPSA) is 79.7 Å². The van der Waals surface area contributed by atoms with Gasteiger partial charge in [0.1, 0.15) is 11.6 Å². The van der Waals surface area contributed by atoms with Gasteiger partial charge in [-0.25, -0.2) is 14.2 Å². The molecule has 2 heterocycles. The van der Waals surface area contributed by atoms with Crippen molar-refractivity contribution in [2.24, 2.45) is 0 Å². The molecule has 174 valence electrons. The fraction of sp³-hybridized carbons (Fsp3) is 0.375. The summed E-state index contributed by atoms with van der Waals surface area (Å²) in [5.41, 5.74) is 2.82. The van der Waals surface area contributed by atoms with Crippen LogP contribution in [0.4, 0.5) is 14.9 Å². The standard InChI is InChI=1S/C24H28FN5O3/c1-3-30-21-10-9-19(26-23(31)17-5-7-18(25)8-6-17)15-20(21)27-22(30)16-28-11-13-29(14-12-28)24(32)33-4-2/h5-10,15H,3-4,11-14,16H2,1-2H3,(H,26,31). The minimum Gasteiger partial charge on any atom is -0.450 e. The van der Waals surface area contributed by atoms with E-state index in [4.69, 9.17) is 9.72 Å². The number of ether oxygens (including phenoxy) is 1. The van der Waals surface area contributed by atoms with Crippen LogP contribution < -0.4 is 5.32 Å². The summed E-state index contributed by atoms with van der Waals surface area (Å²) in [6, 6.07) is 11.1. The normalized spacial score (nSPS) is 14.5. The molecule has 1 aromatic heterocycles. The van der Waals surface area contributed by atoms with Crippen LogP contribution in [0.15, 0.2) is 42.5 Å². The molecule has 0 saturated carbocycles. The van der Waals surface area contributed by atoms with Crippen molar-refractivity contribution in [2.45, 2.75) is 26.9 Å². The van der Waals surface area contributed by atoms with Crippen LogP contribution in [-0.4, -0.2) is 64.1 Å². The zero-order valence-electron chi connectivity index (χ0n) is 18.9. The van der Waals surface area contributed by atoms with Crippen molar-refractivity contribution >= 4 is 28.7 Å². The molecule has 1 aliphatic rings. The molecule has 9 heteroatoms. The lowest BCUT2D eigenvalue weighted by Crippen LogP contribution is -2.48. The van der Waals surface area contributed by atoms with Gasteiger partial charge in [0.2, 0.25) is 0 Å². The fourth-order valence-electron chi connectivity index (χ4n) is 4.04. The van der Waals surface area contributed by atoms with E-state index in [1.165, 1.54) is 24.3 Å². The number of imidazole rings is 1. The monoisotopic (exact) mass is 453 g/mol. The molecule has 2 aromatic carbocycles. The van der Waals surface area contributed by atoms with Crippen molar-refractivity contribution in [3.8, 4) is 0 Å². The molecule has 0 bridgehead atoms. The van der Waals surface area contributed by atoms with Crippen LogP contribution in [0.1, 0.15) is 30.0 Å². The molecule has 8 nitrogen and oxygen atoms in total. The van der Waals surface area contributed by atoms with Gasteiger partial charge in [0.25, 0.3) is 5.91 Å². The Morgan fingerprint density at radius 3 is 2.45 bits per heavy atom. The Morgan fingerprint density at radius 1 is 1.06 bits per heavy atom. The average Bonchev–Trinajstić information content (AvgIpc) is 3.16. The predicted molar refractivity (Wildman–Crippen MR) is 124 cm³/mol. The Bertz CT molecular complexity index is 1140. The third-order valence-electron chi connectivity index (χ3n) is 5.77. The smallest absolute Gasteiger partial charge is 0.409 e. The van der Waals surface area contributed by atoms with Crippen LogP contribution in [-0.2, 0) is 17.8 Å². The molecule has 1 fully saturated rings. The average molecular weight is 454 g/mol. The van der Waals surface area contributed by atoms with Gasteiger partial charge in [-0.05, 0) is 56.3 Å². The van der Waals surface area contributed by atoms with Gasteiger partial charge in [-0.15, -0.1) is 0 Å². The molecule has 0 atom stereocenters. The maximum atomic E-state index is 13.1. The summed E-state index contributed by atoms with van der Waals surface area (Å²) >= 11 is 0. The zero-order valence-corrected chi connectivity index (χ0v) is 18.9. The second-order valence-electron chi connectivity index (χ2n) is 7.90. The van der Waals surface area contributed by atoms with Gasteiger partial charge < -0.3 is 19.5 Å². The van der Waals surface area contributed by atoms with E-state index in [0.717, 1.165) is 36.5 Å². The van der Waals surface area contributed by atoms with Gasteiger partial charge in [-0.3, -0.25) is 9.69 Å². The molecule has 1 aliphatic heterocycles. The molecule has 0 spiro atoms. The van der Waals surface area contributed by atoms with E-state index in [0.29, 0.717) is 37.5 Å². The number of amides is 2. The molecule has 33 heavy (non-hydrogen) atoms. The Kier molecular flexibility index (Phi) is 6.88. The highest BCUT2D eigenvalue weighted by atomic mass is 19.1. The third-order valence-corrected chi connectivity index (χ3v) is 5.77. The number of hydrogen-bond acceptors (Lipinski definition) is 5. The minimum atomic E-state index is -0.382. The van der Waals surface area contributed by atoms with E-state index in [9.17, 15) is 14.0 Å². The Morgan fingerprint density at radius 2 is 1.79 bits per heavy atom. The predicted octanol–water partition coefficient (Wildman–Crippen LogP) is 3.72. The van der Waals surface area contributed by atoms with E-state index >= 15 is 0 Å². The summed E-state index contributed by atoms with van der Waals surface area (Å²) in [4.78, 5) is 33.2. The van der Waals surface area contributed by atoms with Gasteiger partial charge in [0, 0.05) is 44.0 Å². The highest BCUT2D eigenvalue weighted by Crippen LogP contribution is 2.22. The molecular weight excluding hydrogens is 425 g/mol. The summed E-state index contributed by atoms with van der Waals surface area (Å²) in [6.45, 7) is 8.49. The van der Waals surface area contributed by atoms with Gasteiger partial charge in [0.05, 0.1) is 24.2 Å². The molecule has 2 amide bonds. The number of carbonyl (C=O) groups is 2. The van der Waals surface area contributed by atoms with Gasteiger partial charge in [-0.2, -0.15) is 0 Å². The van der Waals surface area contributed by atoms with Crippen LogP contribution in [0.3, 0.4) is 0 Å². The van der Waals surface area contributed by atoms with E-state index in [1.807, 2.05) is 25.1 Å². The molecule has 0 unspecified atom stereocenters. The number of fused-ring (bicyclic) bond motifs is 1. The summed E-state index contributed by atoms with van der Waals surface area (Å²) in [7, 11) is 0. The van der Waals surface area contributed by atoms with E-state index < -0.39 is 0 Å². The second kappa shape index (κ2) is 9.99. The molecule has 0 aliphatic carbocycles. The van der Waals surface area contributed by atoms with Crippen LogP contribution in [0.2, 0.25) is 0 Å². The number of piperazine rings is 1. The first kappa shape index (κ1) is 22.7. The van der Waals surface area contributed by atoms with Crippen molar-refractivity contribution in [1.82, 2.24) is 19.4 Å². The van der Waals surface area contributed by atoms with Crippen LogP contribution in [0.5, 0.6) is 0 Å². The van der Waals surface area contributed by atoms with Crippen LogP contribution >= 0.6 is 0 Å². The van der Waals surface area contributed by atoms with Gasteiger partial charge >= 0.3 is 6.09 Å². The molecule has 1 saturated heterocycles. The number of nitrogens with one attached hydrogen (secondary N) is 1. The largest absolute Gasteiger partial charge is 0.450 e. The lowest BCUT2D eigenvalue weighted by Gasteiger charge is -2.33. The number of halogens is 1. The number of nitrogens with zero attached hydrogens (tertiary/aromatic N) is 4. The van der Waals surface area contributed by atoms with Crippen molar-refractivity contribution in [2.75, 3.05) is 38.1 Å². The SMILES string of the molecule is CCOC(=O)N1CCN(Cc2nc3cc(NC(=O)c4ccc(F)cc4)ccc3n2CC)CC1. The van der Waals surface area contributed by atoms with E-state index in [1.54, 1.807) is 4.90 Å². The molecule has 0 radical (unpaired) electrons. The number of hydrogen-bond donors (Lipinski definition) is 1. The first-order valence-corrected chi connectivity index (χ1v) is 11.2. The molecule has 1 N–H and O–H groups in total. The van der Waals surface area contributed by atoms with Gasteiger partial charge in [-0.1, -0.05) is 0 Å². The first-order valence-electron chi connectivity index (χ1n) is 11.2. The first-order chi connectivity index (χ1) is 16.0. The second-order valence-corrected chi connectivity index (χ2v) is 7.90. The number of aromatic nitrogens is 2. The van der Waals surface area contributed by atoms with Crippen LogP contribution in [0.25, 0.3) is 11.0 Å². The van der Waals surface area contributed by atoms with Gasteiger partial charge in [0.15, 0.2) is 0 Å². The fourth-order valence-corrected chi connectivity index (χ4v) is 4.04. The van der Waals surface area contributed by atoms with Crippen molar-refractivity contribution < 1.29 is 18.7 Å². The zero-order chi connectivity index (χ0) is 23.4. The van der Waals surface area contributed by atoms with E-state index in [-0.39, 0.29) is 17.8 Å². The lowest BCUT2D eigenvalue weighted by atomic mass is 10.2. The van der Waals surface area contributed by atoms with Crippen molar-refractivity contribution in [3.63, 3.8) is 0 Å². The van der Waals surface area contributed by atoms with E-state index in [2.05, 4.69) is 21.7 Å². The van der Waals surface area contributed by atoms with Crippen molar-refractivity contribution in [3.05, 3.63) is 59.7 Å². The summed E-state index contributed by atoms with van der Waals surface area (Å²) < 4.78 is 20.4. The lowest BCUT2D eigenvalue weighted by molar-refractivity contribution is 0.0769. The molecule has 3 aromatic rings. The summed E-state index contributed by atoms with van der Waals surface area (Å²) in [6.07, 6.45) is -0.256. The number of rotatable bonds is 6. The van der Waals surface area contributed by atoms with Crippen LogP contribution in [0, 0.1) is 5.82 Å². The summed E-state index contributed by atoms with van der Waals surface area (Å²) in [5.74, 6) is 0.260. The Balaban J connectivity index is 1.46. The number of anilines is 1. The quantitative estimate of drug-likeness (QED) is 0.615. The maximum Gasteiger partial charge on any atom is 0.409 e. The minimum absolute atomic E-state index is 0.256. The maximum absolute atomic E-state index is 13.1. The highest BCUT2D eigenvalue weighted by Gasteiger charge is 2.23. The molecule has 4 rings (SSSR count). The Hall–Kier alpha value is -3.46. The number of benzene rings is 2. The molecular formula is C24H28FN5O3. The third kappa shape index (κ3) is 5.14. The van der Waals surface area contributed by atoms with Crippen molar-refractivity contribution in [1.29, 1.82) is 0 Å². The number of carbonyl (C=O) groups excluding carboxylic acids is 2. The number of aryl methyl sites for hydroxylation is 1. The Labute approximate surface area is 191 Å².